The van der Waals surface area contributed by atoms with E-state index in [4.69, 9.17) is 4.74 Å². The predicted octanol–water partition coefficient (Wildman–Crippen LogP) is 4.07. The summed E-state index contributed by atoms with van der Waals surface area (Å²) in [6.07, 6.45) is 1.93. The van der Waals surface area contributed by atoms with E-state index in [1.54, 1.807) is 18.4 Å². The molecule has 0 saturated heterocycles. The van der Waals surface area contributed by atoms with Gasteiger partial charge in [-0.25, -0.2) is 4.98 Å². The number of aryl methyl sites for hydroxylation is 1. The normalized spacial score (nSPS) is 12.4. The van der Waals surface area contributed by atoms with Crippen LogP contribution in [0.3, 0.4) is 0 Å². The molecule has 5 heteroatoms. The van der Waals surface area contributed by atoms with Crippen LogP contribution in [0.2, 0.25) is 0 Å². The zero-order valence-electron chi connectivity index (χ0n) is 11.2. The molecule has 19 heavy (non-hydrogen) atoms. The topological polar surface area (TPSA) is 34.1 Å². The summed E-state index contributed by atoms with van der Waals surface area (Å²) in [5, 5.41) is 4.61. The Kier molecular flexibility index (Phi) is 4.96. The summed E-state index contributed by atoms with van der Waals surface area (Å²) in [6.45, 7) is 5.02. The van der Waals surface area contributed by atoms with Gasteiger partial charge in [0, 0.05) is 23.7 Å². The average molecular weight is 341 g/mol. The van der Waals surface area contributed by atoms with Crippen LogP contribution in [0.25, 0.3) is 0 Å². The Hall–Kier alpha value is -0.910. The number of halogens is 1. The highest BCUT2D eigenvalue weighted by atomic mass is 79.9. The Morgan fingerprint density at radius 2 is 2.26 bits per heavy atom. The number of hydrogen-bond acceptors (Lipinski definition) is 4. The van der Waals surface area contributed by atoms with Crippen LogP contribution in [-0.4, -0.2) is 12.1 Å². The van der Waals surface area contributed by atoms with Crippen molar-refractivity contribution in [2.45, 2.75) is 26.4 Å². The van der Waals surface area contributed by atoms with E-state index in [9.17, 15) is 0 Å². The van der Waals surface area contributed by atoms with E-state index in [-0.39, 0.29) is 6.04 Å². The van der Waals surface area contributed by atoms with Gasteiger partial charge in [0.25, 0.3) is 0 Å². The van der Waals surface area contributed by atoms with Gasteiger partial charge in [0.2, 0.25) is 0 Å². The minimum Gasteiger partial charge on any atom is -0.496 e. The quantitative estimate of drug-likeness (QED) is 0.890. The Morgan fingerprint density at radius 3 is 2.84 bits per heavy atom. The molecule has 0 aliphatic heterocycles. The number of hydrogen-bond donors (Lipinski definition) is 1. The van der Waals surface area contributed by atoms with E-state index >= 15 is 0 Å². The van der Waals surface area contributed by atoms with Crippen LogP contribution < -0.4 is 10.1 Å². The summed E-state index contributed by atoms with van der Waals surface area (Å²) in [7, 11) is 1.67. The number of thiazole rings is 1. The molecule has 0 fully saturated rings. The van der Waals surface area contributed by atoms with E-state index in [1.165, 1.54) is 10.4 Å². The maximum atomic E-state index is 5.24. The van der Waals surface area contributed by atoms with Gasteiger partial charge >= 0.3 is 0 Å². The zero-order chi connectivity index (χ0) is 13.8. The molecule has 1 atom stereocenters. The Labute approximate surface area is 126 Å². The molecule has 2 aromatic rings. The van der Waals surface area contributed by atoms with E-state index in [0.29, 0.717) is 0 Å². The highest BCUT2D eigenvalue weighted by Gasteiger charge is 2.08. The molecular weight excluding hydrogens is 324 g/mol. The van der Waals surface area contributed by atoms with Crippen molar-refractivity contribution >= 4 is 27.3 Å². The Balaban J connectivity index is 1.99. The van der Waals surface area contributed by atoms with Gasteiger partial charge < -0.3 is 10.1 Å². The van der Waals surface area contributed by atoms with Gasteiger partial charge in [-0.1, -0.05) is 6.07 Å². The van der Waals surface area contributed by atoms with Crippen LogP contribution in [0.4, 0.5) is 0 Å². The standard InChI is InChI=1S/C14H17BrN2OS/c1-9(16-7-12-8-17-10(2)19-12)11-4-5-14(18-3)13(15)6-11/h4-6,8-9,16H,7H2,1-3H3. The molecule has 2 rings (SSSR count). The lowest BCUT2D eigenvalue weighted by molar-refractivity contribution is 0.411. The van der Waals surface area contributed by atoms with Crippen LogP contribution in [0.15, 0.2) is 28.9 Å². The first-order chi connectivity index (χ1) is 9.10. The third kappa shape index (κ3) is 3.78. The van der Waals surface area contributed by atoms with Crippen molar-refractivity contribution < 1.29 is 4.74 Å². The van der Waals surface area contributed by atoms with Crippen molar-refractivity contribution in [3.8, 4) is 5.75 Å². The minimum atomic E-state index is 0.282. The van der Waals surface area contributed by atoms with Crippen molar-refractivity contribution in [3.63, 3.8) is 0 Å². The summed E-state index contributed by atoms with van der Waals surface area (Å²) < 4.78 is 6.22. The molecule has 0 radical (unpaired) electrons. The molecule has 3 nitrogen and oxygen atoms in total. The van der Waals surface area contributed by atoms with Crippen LogP contribution >= 0.6 is 27.3 Å². The lowest BCUT2D eigenvalue weighted by atomic mass is 10.1. The molecular formula is C14H17BrN2OS. The van der Waals surface area contributed by atoms with E-state index in [0.717, 1.165) is 21.8 Å². The fourth-order valence-corrected chi connectivity index (χ4v) is 3.11. The van der Waals surface area contributed by atoms with Gasteiger partial charge in [-0.2, -0.15) is 0 Å². The van der Waals surface area contributed by atoms with Gasteiger partial charge in [-0.15, -0.1) is 11.3 Å². The summed E-state index contributed by atoms with van der Waals surface area (Å²) in [5.41, 5.74) is 1.23. The van der Waals surface area contributed by atoms with Gasteiger partial charge in [-0.3, -0.25) is 0 Å². The summed E-state index contributed by atoms with van der Waals surface area (Å²) in [5.74, 6) is 0.856. The SMILES string of the molecule is COc1ccc(C(C)NCc2cnc(C)s2)cc1Br. The summed E-state index contributed by atoms with van der Waals surface area (Å²) >= 11 is 5.25. The zero-order valence-corrected chi connectivity index (χ0v) is 13.6. The molecule has 1 unspecified atom stereocenters. The van der Waals surface area contributed by atoms with Crippen molar-refractivity contribution in [2.75, 3.05) is 7.11 Å². The molecule has 102 valence electrons. The third-order valence-electron chi connectivity index (χ3n) is 2.93. The molecule has 1 aromatic heterocycles. The highest BCUT2D eigenvalue weighted by Crippen LogP contribution is 2.28. The first-order valence-corrected chi connectivity index (χ1v) is 7.69. The summed E-state index contributed by atoms with van der Waals surface area (Å²) in [6, 6.07) is 6.44. The van der Waals surface area contributed by atoms with Gasteiger partial charge in [0.05, 0.1) is 16.6 Å². The number of methoxy groups -OCH3 is 1. The molecule has 0 bridgehead atoms. The number of benzene rings is 1. The fourth-order valence-electron chi connectivity index (χ4n) is 1.81. The maximum absolute atomic E-state index is 5.24. The number of nitrogens with zero attached hydrogens (tertiary/aromatic N) is 1. The second-order valence-corrected chi connectivity index (χ2v) is 6.52. The van der Waals surface area contributed by atoms with Crippen LogP contribution in [0, 0.1) is 6.92 Å². The molecule has 1 N–H and O–H groups in total. The minimum absolute atomic E-state index is 0.282. The average Bonchev–Trinajstić information content (AvgIpc) is 2.81. The predicted molar refractivity (Wildman–Crippen MR) is 82.8 cm³/mol. The first kappa shape index (κ1) is 14.5. The largest absolute Gasteiger partial charge is 0.496 e. The lowest BCUT2D eigenvalue weighted by Gasteiger charge is -2.15. The third-order valence-corrected chi connectivity index (χ3v) is 4.46. The Bertz CT molecular complexity index is 556. The molecule has 0 aliphatic carbocycles. The highest BCUT2D eigenvalue weighted by molar-refractivity contribution is 9.10. The van der Waals surface area contributed by atoms with Crippen molar-refractivity contribution in [3.05, 3.63) is 44.3 Å². The molecule has 0 aliphatic rings. The molecule has 0 spiro atoms. The van der Waals surface area contributed by atoms with Gasteiger partial charge in [0.15, 0.2) is 0 Å². The number of nitrogens with one attached hydrogen (secondary N) is 1. The second kappa shape index (κ2) is 6.50. The van der Waals surface area contributed by atoms with E-state index < -0.39 is 0 Å². The van der Waals surface area contributed by atoms with E-state index in [1.807, 2.05) is 19.2 Å². The van der Waals surface area contributed by atoms with Crippen molar-refractivity contribution in [1.29, 1.82) is 0 Å². The van der Waals surface area contributed by atoms with Gasteiger partial charge in [0.1, 0.15) is 5.75 Å². The number of aromatic nitrogens is 1. The molecule has 0 saturated carbocycles. The molecule has 0 amide bonds. The Morgan fingerprint density at radius 1 is 1.47 bits per heavy atom. The molecule has 1 heterocycles. The molecule has 1 aromatic carbocycles. The van der Waals surface area contributed by atoms with Crippen molar-refractivity contribution in [1.82, 2.24) is 10.3 Å². The first-order valence-electron chi connectivity index (χ1n) is 6.08. The van der Waals surface area contributed by atoms with Gasteiger partial charge in [-0.05, 0) is 47.5 Å². The van der Waals surface area contributed by atoms with Crippen LogP contribution in [0.5, 0.6) is 5.75 Å². The smallest absolute Gasteiger partial charge is 0.133 e. The van der Waals surface area contributed by atoms with Crippen molar-refractivity contribution in [2.24, 2.45) is 0 Å². The lowest BCUT2D eigenvalue weighted by Crippen LogP contribution is -2.17. The number of rotatable bonds is 5. The van der Waals surface area contributed by atoms with Crippen LogP contribution in [-0.2, 0) is 6.54 Å². The van der Waals surface area contributed by atoms with E-state index in [2.05, 4.69) is 45.3 Å². The fraction of sp³-hybridized carbons (Fsp3) is 0.357. The van der Waals surface area contributed by atoms with Crippen LogP contribution in [0.1, 0.15) is 28.4 Å². The monoisotopic (exact) mass is 340 g/mol. The maximum Gasteiger partial charge on any atom is 0.133 e. The second-order valence-electron chi connectivity index (χ2n) is 4.34. The number of ether oxygens (including phenoxy) is 1. The summed E-state index contributed by atoms with van der Waals surface area (Å²) in [4.78, 5) is 5.52.